The summed E-state index contributed by atoms with van der Waals surface area (Å²) < 4.78 is 0. The third-order valence-corrected chi connectivity index (χ3v) is 2.56. The number of carbonyl (C=O) groups excluding carboxylic acids is 1. The van der Waals surface area contributed by atoms with Gasteiger partial charge in [0.25, 0.3) is 5.91 Å². The summed E-state index contributed by atoms with van der Waals surface area (Å²) >= 11 is 0. The summed E-state index contributed by atoms with van der Waals surface area (Å²) in [5, 5.41) is 20.5. The number of amides is 1. The molecule has 0 aliphatic carbocycles. The smallest absolute Gasteiger partial charge is 0.269 e. The van der Waals surface area contributed by atoms with Crippen LogP contribution in [0.15, 0.2) is 41.7 Å². The minimum atomic E-state index is -0.224. The summed E-state index contributed by atoms with van der Waals surface area (Å²) in [6, 6.07) is 8.61. The van der Waals surface area contributed by atoms with Gasteiger partial charge in [0.05, 0.1) is 0 Å². The van der Waals surface area contributed by atoms with Crippen LogP contribution in [0.4, 0.5) is 0 Å². The van der Waals surface area contributed by atoms with Crippen molar-refractivity contribution in [3.8, 4) is 0 Å². The summed E-state index contributed by atoms with van der Waals surface area (Å²) in [7, 11) is 0. The number of nitrogens with zero attached hydrogens (tertiary/aromatic N) is 2. The number of carbonyl (C=O) groups is 1. The molecule has 7 nitrogen and oxygen atoms in total. The molecule has 1 aromatic heterocycles. The molecule has 0 saturated carbocycles. The van der Waals surface area contributed by atoms with E-state index in [-0.39, 0.29) is 11.7 Å². The molecule has 0 saturated heterocycles. The van der Waals surface area contributed by atoms with Crippen LogP contribution < -0.4 is 11.1 Å². The first-order valence-corrected chi connectivity index (χ1v) is 5.55. The van der Waals surface area contributed by atoms with Crippen LogP contribution in [0.25, 0.3) is 0 Å². The maximum absolute atomic E-state index is 11.6. The van der Waals surface area contributed by atoms with E-state index in [0.29, 0.717) is 17.8 Å². The first kappa shape index (κ1) is 12.6. The number of hydrogen-bond acceptors (Lipinski definition) is 4. The molecule has 2 rings (SSSR count). The molecule has 0 unspecified atom stereocenters. The fourth-order valence-electron chi connectivity index (χ4n) is 1.51. The van der Waals surface area contributed by atoms with E-state index in [4.69, 9.17) is 10.9 Å². The molecule has 1 aromatic carbocycles. The van der Waals surface area contributed by atoms with E-state index in [9.17, 15) is 4.79 Å². The van der Waals surface area contributed by atoms with Gasteiger partial charge < -0.3 is 16.3 Å². The van der Waals surface area contributed by atoms with E-state index < -0.39 is 0 Å². The van der Waals surface area contributed by atoms with Crippen molar-refractivity contribution in [3.63, 3.8) is 0 Å². The number of nitrogens with two attached hydrogens (primary N) is 1. The Hall–Kier alpha value is -2.83. The van der Waals surface area contributed by atoms with Crippen molar-refractivity contribution in [3.05, 3.63) is 53.3 Å². The number of amidine groups is 1. The van der Waals surface area contributed by atoms with Gasteiger partial charge in [-0.25, -0.2) is 0 Å². The molecular weight excluding hydrogens is 246 g/mol. The molecule has 5 N–H and O–H groups in total. The standard InChI is InChI=1S/C12H13N5O2/c13-11(17-19)9-3-1-8(2-4-9)7-14-12(18)10-5-6-15-16-10/h1-6,19H,7H2,(H2,13,17)(H,14,18)(H,15,16). The quantitative estimate of drug-likeness (QED) is 0.276. The van der Waals surface area contributed by atoms with E-state index in [1.54, 1.807) is 30.3 Å². The van der Waals surface area contributed by atoms with Gasteiger partial charge in [0.15, 0.2) is 5.84 Å². The number of rotatable bonds is 4. The zero-order valence-corrected chi connectivity index (χ0v) is 10.00. The van der Waals surface area contributed by atoms with Gasteiger partial charge in [0, 0.05) is 18.3 Å². The van der Waals surface area contributed by atoms with Gasteiger partial charge in [-0.2, -0.15) is 5.10 Å². The van der Waals surface area contributed by atoms with Crippen LogP contribution in [-0.2, 0) is 6.54 Å². The lowest BCUT2D eigenvalue weighted by atomic mass is 10.1. The summed E-state index contributed by atoms with van der Waals surface area (Å²) in [5.74, 6) is -0.175. The summed E-state index contributed by atoms with van der Waals surface area (Å²) in [6.45, 7) is 0.383. The zero-order valence-electron chi connectivity index (χ0n) is 10.00. The largest absolute Gasteiger partial charge is 0.409 e. The van der Waals surface area contributed by atoms with E-state index in [1.807, 2.05) is 0 Å². The number of aromatic nitrogens is 2. The van der Waals surface area contributed by atoms with Crippen LogP contribution in [0.5, 0.6) is 0 Å². The van der Waals surface area contributed by atoms with Gasteiger partial charge in [-0.05, 0) is 11.6 Å². The summed E-state index contributed by atoms with van der Waals surface area (Å²) in [5.41, 5.74) is 7.38. The van der Waals surface area contributed by atoms with Crippen molar-refractivity contribution < 1.29 is 10.0 Å². The third kappa shape index (κ3) is 3.09. The molecule has 0 radical (unpaired) electrons. The fraction of sp³-hybridized carbons (Fsp3) is 0.0833. The van der Waals surface area contributed by atoms with Crippen LogP contribution in [0, 0.1) is 0 Å². The van der Waals surface area contributed by atoms with Crippen molar-refractivity contribution in [1.82, 2.24) is 15.5 Å². The molecule has 1 heterocycles. The first-order chi connectivity index (χ1) is 9.20. The monoisotopic (exact) mass is 259 g/mol. The maximum atomic E-state index is 11.6. The average molecular weight is 259 g/mol. The Morgan fingerprint density at radius 1 is 1.37 bits per heavy atom. The minimum absolute atomic E-state index is 0.0491. The van der Waals surface area contributed by atoms with Gasteiger partial charge in [-0.3, -0.25) is 9.89 Å². The molecule has 98 valence electrons. The number of nitrogens with one attached hydrogen (secondary N) is 2. The van der Waals surface area contributed by atoms with Crippen LogP contribution in [-0.4, -0.2) is 27.1 Å². The normalized spacial score (nSPS) is 11.3. The molecule has 0 aliphatic rings. The number of aromatic amines is 1. The molecule has 1 amide bonds. The Labute approximate surface area is 109 Å². The third-order valence-electron chi connectivity index (χ3n) is 2.56. The second-order valence-electron chi connectivity index (χ2n) is 3.84. The number of hydrogen-bond donors (Lipinski definition) is 4. The van der Waals surface area contributed by atoms with Gasteiger partial charge in [-0.1, -0.05) is 29.4 Å². The summed E-state index contributed by atoms with van der Waals surface area (Å²) in [4.78, 5) is 11.6. The second-order valence-corrected chi connectivity index (χ2v) is 3.84. The van der Waals surface area contributed by atoms with Gasteiger partial charge in [0.2, 0.25) is 0 Å². The van der Waals surface area contributed by atoms with Crippen molar-refractivity contribution >= 4 is 11.7 Å². The van der Waals surface area contributed by atoms with Crippen molar-refractivity contribution in [2.24, 2.45) is 10.9 Å². The van der Waals surface area contributed by atoms with Crippen LogP contribution >= 0.6 is 0 Å². The van der Waals surface area contributed by atoms with E-state index >= 15 is 0 Å². The molecule has 0 atom stereocenters. The number of H-pyrrole nitrogens is 1. The number of oxime groups is 1. The van der Waals surface area contributed by atoms with Crippen LogP contribution in [0.3, 0.4) is 0 Å². The Balaban J connectivity index is 1.95. The van der Waals surface area contributed by atoms with Crippen LogP contribution in [0.1, 0.15) is 21.6 Å². The average Bonchev–Trinajstić information content (AvgIpc) is 2.98. The number of benzene rings is 1. The van der Waals surface area contributed by atoms with E-state index in [1.165, 1.54) is 6.20 Å². The molecule has 7 heteroatoms. The van der Waals surface area contributed by atoms with Crippen LogP contribution in [0.2, 0.25) is 0 Å². The highest BCUT2D eigenvalue weighted by atomic mass is 16.4. The Morgan fingerprint density at radius 3 is 2.68 bits per heavy atom. The molecule has 2 aromatic rings. The van der Waals surface area contributed by atoms with Gasteiger partial charge in [0.1, 0.15) is 5.69 Å². The van der Waals surface area contributed by atoms with Gasteiger partial charge in [-0.15, -0.1) is 0 Å². The minimum Gasteiger partial charge on any atom is -0.409 e. The Bertz CT molecular complexity index is 575. The fourth-order valence-corrected chi connectivity index (χ4v) is 1.51. The highest BCUT2D eigenvalue weighted by Crippen LogP contribution is 2.04. The lowest BCUT2D eigenvalue weighted by Crippen LogP contribution is -2.23. The topological polar surface area (TPSA) is 116 Å². The zero-order chi connectivity index (χ0) is 13.7. The van der Waals surface area contributed by atoms with E-state index in [0.717, 1.165) is 5.56 Å². The van der Waals surface area contributed by atoms with E-state index in [2.05, 4.69) is 20.7 Å². The predicted molar refractivity (Wildman–Crippen MR) is 68.7 cm³/mol. The lowest BCUT2D eigenvalue weighted by molar-refractivity contribution is 0.0946. The summed E-state index contributed by atoms with van der Waals surface area (Å²) in [6.07, 6.45) is 1.51. The lowest BCUT2D eigenvalue weighted by Gasteiger charge is -2.05. The predicted octanol–water partition coefficient (Wildman–Crippen LogP) is 0.434. The van der Waals surface area contributed by atoms with Crippen molar-refractivity contribution in [2.45, 2.75) is 6.54 Å². The highest BCUT2D eigenvalue weighted by molar-refractivity contribution is 5.97. The van der Waals surface area contributed by atoms with Gasteiger partial charge >= 0.3 is 0 Å². The molecular formula is C12H13N5O2. The SMILES string of the molecule is NC(=NO)c1ccc(CNC(=O)c2ccn[nH]2)cc1. The second kappa shape index (κ2) is 5.67. The Morgan fingerprint density at radius 2 is 2.11 bits per heavy atom. The molecule has 0 fully saturated rings. The van der Waals surface area contributed by atoms with Crippen molar-refractivity contribution in [1.29, 1.82) is 0 Å². The molecule has 0 spiro atoms. The van der Waals surface area contributed by atoms with Crippen molar-refractivity contribution in [2.75, 3.05) is 0 Å². The highest BCUT2D eigenvalue weighted by Gasteiger charge is 2.06. The Kier molecular flexibility index (Phi) is 3.77. The molecule has 0 aliphatic heterocycles. The molecule has 19 heavy (non-hydrogen) atoms. The molecule has 0 bridgehead atoms. The first-order valence-electron chi connectivity index (χ1n) is 5.55. The maximum Gasteiger partial charge on any atom is 0.269 e.